The molecule has 0 saturated heterocycles. The molecule has 1 aromatic heterocycles. The Morgan fingerprint density at radius 1 is 1.22 bits per heavy atom. The Bertz CT molecular complexity index is 622. The fourth-order valence-electron chi connectivity index (χ4n) is 1.96. The molecule has 2 rings (SSSR count). The highest BCUT2D eigenvalue weighted by Crippen LogP contribution is 2.15. The molecule has 0 saturated carbocycles. The van der Waals surface area contributed by atoms with Gasteiger partial charge in [-0.25, -0.2) is 4.39 Å². The number of benzene rings is 1. The van der Waals surface area contributed by atoms with Crippen LogP contribution in [-0.2, 0) is 4.79 Å². The van der Waals surface area contributed by atoms with Crippen LogP contribution in [0, 0.1) is 5.82 Å². The number of aromatic nitrogens is 1. The van der Waals surface area contributed by atoms with Crippen molar-refractivity contribution in [1.82, 2.24) is 9.88 Å². The van der Waals surface area contributed by atoms with Gasteiger partial charge in [0.2, 0.25) is 0 Å². The lowest BCUT2D eigenvalue weighted by molar-refractivity contribution is -0.133. The minimum absolute atomic E-state index is 0.0702. The highest BCUT2D eigenvalue weighted by atomic mass is 19.1. The molecule has 0 fully saturated rings. The highest BCUT2D eigenvalue weighted by molar-refractivity contribution is 5.77. The van der Waals surface area contributed by atoms with Gasteiger partial charge in [0.1, 0.15) is 12.4 Å². The number of carbonyl (C=O) groups excluding carboxylic acids is 1. The molecule has 0 spiro atoms. The number of halogens is 1. The number of carbonyl (C=O) groups is 1. The SMILES string of the molecule is CCN(CCOc1ccccc1F)C(=O)COc1cccnc1. The summed E-state index contributed by atoms with van der Waals surface area (Å²) in [6.07, 6.45) is 3.18. The topological polar surface area (TPSA) is 51.7 Å². The summed E-state index contributed by atoms with van der Waals surface area (Å²) in [6, 6.07) is 9.65. The molecule has 6 heteroatoms. The Morgan fingerprint density at radius 2 is 2.04 bits per heavy atom. The van der Waals surface area contributed by atoms with Crippen molar-refractivity contribution in [1.29, 1.82) is 0 Å². The van der Waals surface area contributed by atoms with Crippen molar-refractivity contribution in [2.45, 2.75) is 6.92 Å². The lowest BCUT2D eigenvalue weighted by atomic mass is 10.3. The number of para-hydroxylation sites is 1. The maximum atomic E-state index is 13.4. The number of amides is 1. The second-order valence-electron chi connectivity index (χ2n) is 4.73. The number of rotatable bonds is 8. The number of ether oxygens (including phenoxy) is 2. The Kier molecular flexibility index (Phi) is 6.35. The molecule has 0 aliphatic rings. The van der Waals surface area contributed by atoms with Crippen LogP contribution in [0.3, 0.4) is 0 Å². The summed E-state index contributed by atoms with van der Waals surface area (Å²) in [5, 5.41) is 0. The summed E-state index contributed by atoms with van der Waals surface area (Å²) >= 11 is 0. The molecule has 0 aliphatic heterocycles. The summed E-state index contributed by atoms with van der Waals surface area (Å²) in [6.45, 7) is 2.90. The molecule has 122 valence electrons. The number of pyridine rings is 1. The van der Waals surface area contributed by atoms with Crippen molar-refractivity contribution < 1.29 is 18.7 Å². The highest BCUT2D eigenvalue weighted by Gasteiger charge is 2.13. The zero-order chi connectivity index (χ0) is 16.5. The Hall–Kier alpha value is -2.63. The molecule has 0 aliphatic carbocycles. The minimum Gasteiger partial charge on any atom is -0.489 e. The second kappa shape index (κ2) is 8.73. The average Bonchev–Trinajstić information content (AvgIpc) is 2.59. The van der Waals surface area contributed by atoms with E-state index in [1.807, 2.05) is 6.92 Å². The van der Waals surface area contributed by atoms with Crippen LogP contribution in [-0.4, -0.2) is 42.1 Å². The van der Waals surface area contributed by atoms with Gasteiger partial charge in [0.05, 0.1) is 12.7 Å². The maximum Gasteiger partial charge on any atom is 0.260 e. The first-order valence-electron chi connectivity index (χ1n) is 7.38. The van der Waals surface area contributed by atoms with E-state index in [-0.39, 0.29) is 24.9 Å². The van der Waals surface area contributed by atoms with Gasteiger partial charge < -0.3 is 14.4 Å². The van der Waals surface area contributed by atoms with E-state index in [1.165, 1.54) is 6.07 Å². The van der Waals surface area contributed by atoms with E-state index in [2.05, 4.69) is 4.98 Å². The van der Waals surface area contributed by atoms with Gasteiger partial charge in [-0.05, 0) is 31.2 Å². The zero-order valence-electron chi connectivity index (χ0n) is 12.9. The number of nitrogens with zero attached hydrogens (tertiary/aromatic N) is 2. The van der Waals surface area contributed by atoms with Crippen molar-refractivity contribution in [3.05, 3.63) is 54.6 Å². The first kappa shape index (κ1) is 16.7. The van der Waals surface area contributed by atoms with E-state index in [1.54, 1.807) is 47.6 Å². The summed E-state index contributed by atoms with van der Waals surface area (Å²) in [7, 11) is 0. The van der Waals surface area contributed by atoms with Crippen LogP contribution in [0.4, 0.5) is 4.39 Å². The molecule has 0 unspecified atom stereocenters. The lowest BCUT2D eigenvalue weighted by Gasteiger charge is -2.21. The van der Waals surface area contributed by atoms with Gasteiger partial charge in [-0.3, -0.25) is 9.78 Å². The number of likely N-dealkylation sites (N-methyl/N-ethyl adjacent to an activating group) is 1. The summed E-state index contributed by atoms with van der Waals surface area (Å²) < 4.78 is 24.2. The molecule has 0 radical (unpaired) electrons. The van der Waals surface area contributed by atoms with Crippen molar-refractivity contribution in [2.75, 3.05) is 26.3 Å². The molecule has 1 amide bonds. The van der Waals surface area contributed by atoms with Crippen LogP contribution < -0.4 is 9.47 Å². The third kappa shape index (κ3) is 5.25. The van der Waals surface area contributed by atoms with E-state index < -0.39 is 5.82 Å². The molecule has 1 aromatic carbocycles. The van der Waals surface area contributed by atoms with Crippen LogP contribution in [0.1, 0.15) is 6.92 Å². The third-order valence-corrected chi connectivity index (χ3v) is 3.19. The first-order chi connectivity index (χ1) is 11.2. The largest absolute Gasteiger partial charge is 0.489 e. The predicted molar refractivity (Wildman–Crippen MR) is 83.9 cm³/mol. The standard InChI is InChI=1S/C17H19FN2O3/c1-2-20(10-11-22-16-8-4-3-7-15(16)18)17(21)13-23-14-6-5-9-19-12-14/h3-9,12H,2,10-11,13H2,1H3. The van der Waals surface area contributed by atoms with Crippen molar-refractivity contribution in [3.63, 3.8) is 0 Å². The first-order valence-corrected chi connectivity index (χ1v) is 7.38. The van der Waals surface area contributed by atoms with E-state index >= 15 is 0 Å². The van der Waals surface area contributed by atoms with Gasteiger partial charge in [-0.2, -0.15) is 0 Å². The fourth-order valence-corrected chi connectivity index (χ4v) is 1.96. The van der Waals surface area contributed by atoms with Crippen LogP contribution in [0.25, 0.3) is 0 Å². The maximum absolute atomic E-state index is 13.4. The fraction of sp³-hybridized carbons (Fsp3) is 0.294. The molecule has 1 heterocycles. The quantitative estimate of drug-likeness (QED) is 0.750. The summed E-state index contributed by atoms with van der Waals surface area (Å²) in [4.78, 5) is 17.6. The van der Waals surface area contributed by atoms with Crippen molar-refractivity contribution >= 4 is 5.91 Å². The smallest absolute Gasteiger partial charge is 0.260 e. The molecular formula is C17H19FN2O3. The lowest BCUT2D eigenvalue weighted by Crippen LogP contribution is -2.37. The molecule has 5 nitrogen and oxygen atoms in total. The molecule has 0 bridgehead atoms. The molecular weight excluding hydrogens is 299 g/mol. The Balaban J connectivity index is 1.78. The monoisotopic (exact) mass is 318 g/mol. The summed E-state index contributed by atoms with van der Waals surface area (Å²) in [5.74, 6) is 0.150. The molecule has 2 aromatic rings. The van der Waals surface area contributed by atoms with E-state index in [0.29, 0.717) is 18.8 Å². The molecule has 0 N–H and O–H groups in total. The van der Waals surface area contributed by atoms with Crippen molar-refractivity contribution in [2.24, 2.45) is 0 Å². The minimum atomic E-state index is -0.415. The van der Waals surface area contributed by atoms with Gasteiger partial charge in [0, 0.05) is 12.7 Å². The molecule has 0 atom stereocenters. The number of hydrogen-bond donors (Lipinski definition) is 0. The Labute approximate surface area is 134 Å². The van der Waals surface area contributed by atoms with Gasteiger partial charge in [0.15, 0.2) is 18.2 Å². The van der Waals surface area contributed by atoms with Crippen LogP contribution in [0.5, 0.6) is 11.5 Å². The zero-order valence-corrected chi connectivity index (χ0v) is 12.9. The number of hydrogen-bond acceptors (Lipinski definition) is 4. The Morgan fingerprint density at radius 3 is 2.74 bits per heavy atom. The average molecular weight is 318 g/mol. The summed E-state index contributed by atoms with van der Waals surface area (Å²) in [5.41, 5.74) is 0. The van der Waals surface area contributed by atoms with Crippen LogP contribution in [0.2, 0.25) is 0 Å². The van der Waals surface area contributed by atoms with Gasteiger partial charge in [0.25, 0.3) is 5.91 Å². The predicted octanol–water partition coefficient (Wildman–Crippen LogP) is 2.53. The van der Waals surface area contributed by atoms with Gasteiger partial charge in [-0.15, -0.1) is 0 Å². The van der Waals surface area contributed by atoms with E-state index in [4.69, 9.17) is 9.47 Å². The second-order valence-corrected chi connectivity index (χ2v) is 4.73. The van der Waals surface area contributed by atoms with Crippen molar-refractivity contribution in [3.8, 4) is 11.5 Å². The van der Waals surface area contributed by atoms with Gasteiger partial charge in [-0.1, -0.05) is 12.1 Å². The third-order valence-electron chi connectivity index (χ3n) is 3.19. The normalized spacial score (nSPS) is 10.2. The molecule has 23 heavy (non-hydrogen) atoms. The van der Waals surface area contributed by atoms with E-state index in [0.717, 1.165) is 0 Å². The van der Waals surface area contributed by atoms with Crippen LogP contribution in [0.15, 0.2) is 48.8 Å². The van der Waals surface area contributed by atoms with Crippen LogP contribution >= 0.6 is 0 Å². The van der Waals surface area contributed by atoms with Gasteiger partial charge >= 0.3 is 0 Å². The van der Waals surface area contributed by atoms with E-state index in [9.17, 15) is 9.18 Å².